The van der Waals surface area contributed by atoms with Gasteiger partial charge in [-0.3, -0.25) is 0 Å². The highest BCUT2D eigenvalue weighted by Gasteiger charge is 2.44. The zero-order valence-electron chi connectivity index (χ0n) is 11.8. The first kappa shape index (κ1) is 15.3. The van der Waals surface area contributed by atoms with Crippen LogP contribution in [-0.2, 0) is 6.42 Å². The molecule has 7 heteroatoms. The summed E-state index contributed by atoms with van der Waals surface area (Å²) in [5.41, 5.74) is -0.303. The number of hydrogen-bond donors (Lipinski definition) is 0. The highest BCUT2D eigenvalue weighted by Crippen LogP contribution is 2.47. The maximum absolute atomic E-state index is 9.10. The molecule has 1 heterocycles. The van der Waals surface area contributed by atoms with Crippen LogP contribution in [0.1, 0.15) is 37.6 Å². The Balaban J connectivity index is 1.69. The van der Waals surface area contributed by atoms with E-state index in [-0.39, 0.29) is 5.41 Å². The second-order valence-electron chi connectivity index (χ2n) is 5.45. The van der Waals surface area contributed by atoms with E-state index < -0.39 is 6.10 Å². The number of hydrogen-bond acceptors (Lipinski definition) is 5. The third-order valence-electron chi connectivity index (χ3n) is 3.63. The maximum Gasteiger partial charge on any atom is 0.228 e. The van der Waals surface area contributed by atoms with E-state index in [0.29, 0.717) is 28.9 Å². The molecule has 1 aliphatic carbocycles. The molecule has 1 saturated carbocycles. The molecule has 0 amide bonds. The molecule has 0 radical (unpaired) electrons. The summed E-state index contributed by atoms with van der Waals surface area (Å²) in [5.74, 6) is 1.48. The molecule has 1 aromatic carbocycles. The Hall–Kier alpha value is -1.58. The average Bonchev–Trinajstić information content (AvgIpc) is 3.10. The van der Waals surface area contributed by atoms with Crippen molar-refractivity contribution in [2.45, 2.75) is 32.3 Å². The van der Waals surface area contributed by atoms with Gasteiger partial charge in [-0.2, -0.15) is 10.2 Å². The Bertz CT molecular complexity index is 737. The number of rotatable bonds is 5. The molecule has 1 atom stereocenters. The summed E-state index contributed by atoms with van der Waals surface area (Å²) >= 11 is 9.47. The van der Waals surface area contributed by atoms with Crippen molar-refractivity contribution in [3.05, 3.63) is 39.4 Å². The molecule has 0 aliphatic heterocycles. The normalized spacial score (nSPS) is 16.8. The van der Waals surface area contributed by atoms with Crippen LogP contribution in [0.2, 0.25) is 5.02 Å². The minimum absolute atomic E-state index is 0.303. The van der Waals surface area contributed by atoms with Gasteiger partial charge in [0.15, 0.2) is 6.10 Å². The van der Waals surface area contributed by atoms with Gasteiger partial charge in [-0.15, -0.1) is 0 Å². The summed E-state index contributed by atoms with van der Waals surface area (Å²) in [4.78, 5) is 4.32. The van der Waals surface area contributed by atoms with Crippen molar-refractivity contribution in [1.29, 1.82) is 5.26 Å². The lowest BCUT2D eigenvalue weighted by Gasteiger charge is -2.12. The van der Waals surface area contributed by atoms with Gasteiger partial charge < -0.3 is 9.26 Å². The zero-order chi connectivity index (χ0) is 15.7. The quantitative estimate of drug-likeness (QED) is 0.763. The molecule has 2 aromatic rings. The molecule has 114 valence electrons. The molecule has 1 unspecified atom stereocenters. The Morgan fingerprint density at radius 3 is 2.95 bits per heavy atom. The fourth-order valence-corrected chi connectivity index (χ4v) is 2.81. The van der Waals surface area contributed by atoms with Gasteiger partial charge >= 0.3 is 0 Å². The van der Waals surface area contributed by atoms with Gasteiger partial charge in [0.1, 0.15) is 5.75 Å². The Kier molecular flexibility index (Phi) is 4.11. The first-order valence-electron chi connectivity index (χ1n) is 6.87. The van der Waals surface area contributed by atoms with Gasteiger partial charge in [-0.25, -0.2) is 0 Å². The highest BCUT2D eigenvalue weighted by atomic mass is 79.9. The summed E-state index contributed by atoms with van der Waals surface area (Å²) in [6.07, 6.45) is 1.89. The van der Waals surface area contributed by atoms with E-state index in [9.17, 15) is 0 Å². The number of aromatic nitrogens is 2. The molecule has 0 N–H and O–H groups in total. The topological polar surface area (TPSA) is 71.9 Å². The number of nitrogens with zero attached hydrogens (tertiary/aromatic N) is 3. The molecule has 5 nitrogen and oxygen atoms in total. The Morgan fingerprint density at radius 2 is 2.32 bits per heavy atom. The van der Waals surface area contributed by atoms with Crippen LogP contribution in [0.15, 0.2) is 27.2 Å². The van der Waals surface area contributed by atoms with Crippen molar-refractivity contribution in [1.82, 2.24) is 10.1 Å². The van der Waals surface area contributed by atoms with Crippen molar-refractivity contribution in [2.24, 2.45) is 5.41 Å². The van der Waals surface area contributed by atoms with E-state index in [4.69, 9.17) is 26.1 Å². The molecule has 1 aromatic heterocycles. The summed E-state index contributed by atoms with van der Waals surface area (Å²) in [6, 6.07) is 7.69. The third kappa shape index (κ3) is 3.26. The summed E-state index contributed by atoms with van der Waals surface area (Å²) in [7, 11) is 0. The van der Waals surface area contributed by atoms with Crippen LogP contribution in [0.4, 0.5) is 0 Å². The van der Waals surface area contributed by atoms with Crippen LogP contribution in [-0.4, -0.2) is 10.1 Å². The van der Waals surface area contributed by atoms with Crippen molar-refractivity contribution in [3.63, 3.8) is 0 Å². The van der Waals surface area contributed by atoms with Gasteiger partial charge in [0.2, 0.25) is 11.7 Å². The smallest absolute Gasteiger partial charge is 0.228 e. The van der Waals surface area contributed by atoms with E-state index in [1.165, 1.54) is 0 Å². The third-order valence-corrected chi connectivity index (χ3v) is 4.41. The number of halogens is 2. The molecular formula is C15H13BrClN3O2. The maximum atomic E-state index is 9.10. The van der Waals surface area contributed by atoms with Crippen molar-refractivity contribution in [3.8, 4) is 11.8 Å². The van der Waals surface area contributed by atoms with Crippen LogP contribution >= 0.6 is 27.5 Å². The molecular weight excluding hydrogens is 370 g/mol. The van der Waals surface area contributed by atoms with Gasteiger partial charge in [0.05, 0.1) is 16.5 Å². The minimum atomic E-state index is -0.395. The predicted molar refractivity (Wildman–Crippen MR) is 83.5 cm³/mol. The second-order valence-corrected chi connectivity index (χ2v) is 6.77. The SMILES string of the molecule is CC(Oc1ccc(Br)cc1Cl)c1noc(CC2(C#N)CC2)n1. The van der Waals surface area contributed by atoms with E-state index in [1.807, 2.05) is 13.0 Å². The van der Waals surface area contributed by atoms with Crippen LogP contribution in [0.5, 0.6) is 5.75 Å². The lowest BCUT2D eigenvalue weighted by Crippen LogP contribution is -2.06. The minimum Gasteiger partial charge on any atom is -0.481 e. The highest BCUT2D eigenvalue weighted by molar-refractivity contribution is 9.10. The molecule has 22 heavy (non-hydrogen) atoms. The van der Waals surface area contributed by atoms with Crippen LogP contribution in [0, 0.1) is 16.7 Å². The standard InChI is InChI=1S/C15H13BrClN3O2/c1-9(21-12-3-2-10(16)6-11(12)17)14-19-13(22-20-14)7-15(8-18)4-5-15/h2-3,6,9H,4-5,7H2,1H3. The molecule has 0 spiro atoms. The number of ether oxygens (including phenoxy) is 1. The van der Waals surface area contributed by atoms with Crippen molar-refractivity contribution < 1.29 is 9.26 Å². The van der Waals surface area contributed by atoms with E-state index in [0.717, 1.165) is 17.3 Å². The zero-order valence-corrected chi connectivity index (χ0v) is 14.2. The lowest BCUT2D eigenvalue weighted by molar-refractivity contribution is 0.210. The first-order valence-corrected chi connectivity index (χ1v) is 8.04. The predicted octanol–water partition coefficient (Wildman–Crippen LogP) is 4.47. The average molecular weight is 383 g/mol. The van der Waals surface area contributed by atoms with Crippen molar-refractivity contribution >= 4 is 27.5 Å². The summed E-state index contributed by atoms with van der Waals surface area (Å²) in [5, 5.41) is 13.5. The second kappa shape index (κ2) is 5.90. The fraction of sp³-hybridized carbons (Fsp3) is 0.400. The van der Waals surface area contributed by atoms with Crippen LogP contribution < -0.4 is 4.74 Å². The van der Waals surface area contributed by atoms with E-state index in [2.05, 4.69) is 32.1 Å². The number of nitriles is 1. The molecule has 1 fully saturated rings. The van der Waals surface area contributed by atoms with E-state index in [1.54, 1.807) is 12.1 Å². The van der Waals surface area contributed by atoms with Gasteiger partial charge in [-0.05, 0) is 38.0 Å². The van der Waals surface area contributed by atoms with Gasteiger partial charge in [-0.1, -0.05) is 32.7 Å². The summed E-state index contributed by atoms with van der Waals surface area (Å²) < 4.78 is 11.9. The van der Waals surface area contributed by atoms with E-state index >= 15 is 0 Å². The Morgan fingerprint density at radius 1 is 1.55 bits per heavy atom. The largest absolute Gasteiger partial charge is 0.481 e. The molecule has 1 aliphatic rings. The lowest BCUT2D eigenvalue weighted by atomic mass is 10.1. The van der Waals surface area contributed by atoms with Gasteiger partial charge in [0.25, 0.3) is 0 Å². The van der Waals surface area contributed by atoms with Gasteiger partial charge in [0, 0.05) is 10.9 Å². The first-order chi connectivity index (χ1) is 10.5. The summed E-state index contributed by atoms with van der Waals surface area (Å²) in [6.45, 7) is 1.82. The fourth-order valence-electron chi connectivity index (χ4n) is 2.09. The number of benzene rings is 1. The molecule has 0 saturated heterocycles. The molecule has 0 bridgehead atoms. The van der Waals surface area contributed by atoms with Crippen molar-refractivity contribution in [2.75, 3.05) is 0 Å². The molecule has 3 rings (SSSR count). The monoisotopic (exact) mass is 381 g/mol. The Labute approximate surface area is 141 Å². The van der Waals surface area contributed by atoms with Crippen LogP contribution in [0.25, 0.3) is 0 Å². The van der Waals surface area contributed by atoms with Crippen LogP contribution in [0.3, 0.4) is 0 Å².